The number of benzene rings is 3. The second-order valence-electron chi connectivity index (χ2n) is 7.05. The van der Waals surface area contributed by atoms with E-state index in [4.69, 9.17) is 4.74 Å². The highest BCUT2D eigenvalue weighted by Crippen LogP contribution is 2.26. The number of nitrogens with one attached hydrogen (secondary N) is 1. The summed E-state index contributed by atoms with van der Waals surface area (Å²) in [5.41, 5.74) is 1.50. The monoisotopic (exact) mass is 488 g/mol. The first-order valence-electron chi connectivity index (χ1n) is 10.2. The Hall–Kier alpha value is -3.04. The zero-order valence-corrected chi connectivity index (χ0v) is 19.7. The number of carbonyl (C=O) groups excluding carboxylic acids is 1. The number of nitrogens with zero attached hydrogens (tertiary/aromatic N) is 1. The Morgan fingerprint density at radius 1 is 1.00 bits per heavy atom. The summed E-state index contributed by atoms with van der Waals surface area (Å²) in [5, 5.41) is 2.77. The Bertz CT molecular complexity index is 1140. The zero-order valence-electron chi connectivity index (χ0n) is 18.1. The summed E-state index contributed by atoms with van der Waals surface area (Å²) in [6.07, 6.45) is 0. The summed E-state index contributed by atoms with van der Waals surface area (Å²) in [6.45, 7) is -0.00122. The summed E-state index contributed by atoms with van der Waals surface area (Å²) >= 11 is 1.68. The van der Waals surface area contributed by atoms with Crippen LogP contribution in [0.25, 0.3) is 0 Å². The largest absolute Gasteiger partial charge is 0.497 e. The smallest absolute Gasteiger partial charge is 0.264 e. The van der Waals surface area contributed by atoms with Gasteiger partial charge in [-0.15, -0.1) is 0 Å². The van der Waals surface area contributed by atoms with Crippen LogP contribution < -0.4 is 14.4 Å². The summed E-state index contributed by atoms with van der Waals surface area (Å²) < 4.78 is 46.0. The molecule has 0 heterocycles. The van der Waals surface area contributed by atoms with Gasteiger partial charge in [-0.05, 0) is 54.1 Å². The van der Waals surface area contributed by atoms with Crippen LogP contribution in [-0.2, 0) is 20.6 Å². The van der Waals surface area contributed by atoms with Crippen LogP contribution in [0.3, 0.4) is 0 Å². The van der Waals surface area contributed by atoms with E-state index >= 15 is 0 Å². The summed E-state index contributed by atoms with van der Waals surface area (Å²) in [5.74, 6) is 1.09. The summed E-state index contributed by atoms with van der Waals surface area (Å²) in [4.78, 5) is 12.5. The van der Waals surface area contributed by atoms with Crippen LogP contribution >= 0.6 is 11.8 Å². The average Bonchev–Trinajstić information content (AvgIpc) is 2.83. The lowest BCUT2D eigenvalue weighted by Gasteiger charge is -2.24. The van der Waals surface area contributed by atoms with Crippen LogP contribution in [0.5, 0.6) is 5.75 Å². The van der Waals surface area contributed by atoms with E-state index in [0.29, 0.717) is 23.7 Å². The first-order chi connectivity index (χ1) is 15.9. The fourth-order valence-corrected chi connectivity index (χ4v) is 5.25. The molecule has 0 saturated carbocycles. The molecule has 6 nitrogen and oxygen atoms in total. The molecule has 0 aromatic heterocycles. The second kappa shape index (κ2) is 11.7. The molecule has 0 bridgehead atoms. The lowest BCUT2D eigenvalue weighted by atomic mass is 10.2. The fraction of sp³-hybridized carbons (Fsp3) is 0.208. The Morgan fingerprint density at radius 3 is 2.30 bits per heavy atom. The Kier molecular flexibility index (Phi) is 8.73. The summed E-state index contributed by atoms with van der Waals surface area (Å²) in [7, 11) is -2.59. The number of carbonyl (C=O) groups is 1. The van der Waals surface area contributed by atoms with Crippen molar-refractivity contribution >= 4 is 33.4 Å². The van der Waals surface area contributed by atoms with Crippen LogP contribution in [0.1, 0.15) is 5.56 Å². The number of hydrogen-bond acceptors (Lipinski definition) is 5. The van der Waals surface area contributed by atoms with Gasteiger partial charge in [0.05, 0.1) is 17.7 Å². The van der Waals surface area contributed by atoms with Crippen molar-refractivity contribution in [2.45, 2.75) is 10.6 Å². The topological polar surface area (TPSA) is 75.7 Å². The number of ether oxygens (including phenoxy) is 1. The first-order valence-corrected chi connectivity index (χ1v) is 12.8. The lowest BCUT2D eigenvalue weighted by molar-refractivity contribution is -0.119. The number of rotatable bonds is 11. The molecule has 3 aromatic carbocycles. The SMILES string of the molecule is COc1ccc(N(CC(=O)NCCSCc2ccccc2)S(=O)(=O)c2ccc(F)cc2)cc1. The normalized spacial score (nSPS) is 11.1. The van der Waals surface area contributed by atoms with E-state index in [9.17, 15) is 17.6 Å². The quantitative estimate of drug-likeness (QED) is 0.412. The molecule has 0 aliphatic heterocycles. The molecule has 0 saturated heterocycles. The lowest BCUT2D eigenvalue weighted by Crippen LogP contribution is -2.41. The molecule has 0 fully saturated rings. The van der Waals surface area contributed by atoms with Crippen LogP contribution in [0.2, 0.25) is 0 Å². The number of sulfonamides is 1. The highest BCUT2D eigenvalue weighted by atomic mass is 32.2. The molecule has 0 atom stereocenters. The molecule has 0 aliphatic carbocycles. The fourth-order valence-electron chi connectivity index (χ4n) is 3.01. The molecule has 1 amide bonds. The Morgan fingerprint density at radius 2 is 1.67 bits per heavy atom. The number of halogens is 1. The highest BCUT2D eigenvalue weighted by molar-refractivity contribution is 7.98. The minimum atomic E-state index is -4.10. The van der Waals surface area contributed by atoms with Gasteiger partial charge in [0.25, 0.3) is 10.0 Å². The molecule has 3 aromatic rings. The van der Waals surface area contributed by atoms with E-state index in [1.807, 2.05) is 30.3 Å². The van der Waals surface area contributed by atoms with Crippen molar-refractivity contribution in [1.29, 1.82) is 0 Å². The maximum Gasteiger partial charge on any atom is 0.264 e. The predicted octanol–water partition coefficient (Wildman–Crippen LogP) is 4.08. The second-order valence-corrected chi connectivity index (χ2v) is 10.0. The molecule has 33 heavy (non-hydrogen) atoms. The van der Waals surface area contributed by atoms with Gasteiger partial charge >= 0.3 is 0 Å². The van der Waals surface area contributed by atoms with E-state index in [2.05, 4.69) is 5.32 Å². The van der Waals surface area contributed by atoms with Crippen LogP contribution in [-0.4, -0.2) is 40.3 Å². The van der Waals surface area contributed by atoms with Gasteiger partial charge in [-0.1, -0.05) is 30.3 Å². The number of thioether (sulfide) groups is 1. The third-order valence-corrected chi connectivity index (χ3v) is 7.55. The zero-order chi connectivity index (χ0) is 23.7. The van der Waals surface area contributed by atoms with E-state index in [-0.39, 0.29) is 4.90 Å². The van der Waals surface area contributed by atoms with Gasteiger partial charge in [-0.2, -0.15) is 11.8 Å². The Labute approximate surface area is 197 Å². The summed E-state index contributed by atoms with van der Waals surface area (Å²) in [6, 6.07) is 20.8. The minimum absolute atomic E-state index is 0.106. The molecule has 0 radical (unpaired) electrons. The molecule has 0 unspecified atom stereocenters. The highest BCUT2D eigenvalue weighted by Gasteiger charge is 2.27. The number of hydrogen-bond donors (Lipinski definition) is 1. The van der Waals surface area contributed by atoms with E-state index in [0.717, 1.165) is 22.2 Å². The molecule has 0 aliphatic rings. The van der Waals surface area contributed by atoms with Gasteiger partial charge in [0.15, 0.2) is 0 Å². The van der Waals surface area contributed by atoms with Crippen molar-refractivity contribution in [1.82, 2.24) is 5.32 Å². The van der Waals surface area contributed by atoms with Crippen LogP contribution in [0.4, 0.5) is 10.1 Å². The number of anilines is 1. The minimum Gasteiger partial charge on any atom is -0.497 e. The van der Waals surface area contributed by atoms with Crippen molar-refractivity contribution in [3.8, 4) is 5.75 Å². The third-order valence-electron chi connectivity index (χ3n) is 4.73. The van der Waals surface area contributed by atoms with E-state index in [1.54, 1.807) is 36.0 Å². The molecular formula is C24H25FN2O4S2. The molecule has 1 N–H and O–H groups in total. The van der Waals surface area contributed by atoms with Crippen molar-refractivity contribution in [3.05, 3.63) is 90.2 Å². The predicted molar refractivity (Wildman–Crippen MR) is 130 cm³/mol. The third kappa shape index (κ3) is 6.97. The first kappa shape index (κ1) is 24.6. The number of amides is 1. The van der Waals surface area contributed by atoms with Gasteiger partial charge in [-0.25, -0.2) is 12.8 Å². The molecule has 9 heteroatoms. The maximum absolute atomic E-state index is 13.3. The van der Waals surface area contributed by atoms with E-state index < -0.39 is 28.3 Å². The van der Waals surface area contributed by atoms with Gasteiger partial charge in [-0.3, -0.25) is 9.10 Å². The standard InChI is InChI=1S/C24H25FN2O4S2/c1-31-22-11-9-21(10-12-22)27(33(29,30)23-13-7-20(25)8-14-23)17-24(28)26-15-16-32-18-19-5-3-2-4-6-19/h2-14H,15-18H2,1H3,(H,26,28). The molecule has 3 rings (SSSR count). The Balaban J connectivity index is 1.67. The van der Waals surface area contributed by atoms with Crippen molar-refractivity contribution in [2.75, 3.05) is 30.3 Å². The molecular weight excluding hydrogens is 463 g/mol. The van der Waals surface area contributed by atoms with Crippen LogP contribution in [0.15, 0.2) is 83.8 Å². The molecule has 0 spiro atoms. The van der Waals surface area contributed by atoms with Crippen molar-refractivity contribution in [3.63, 3.8) is 0 Å². The van der Waals surface area contributed by atoms with E-state index in [1.165, 1.54) is 24.8 Å². The maximum atomic E-state index is 13.3. The van der Waals surface area contributed by atoms with Crippen molar-refractivity contribution < 1.29 is 22.3 Å². The number of methoxy groups -OCH3 is 1. The van der Waals surface area contributed by atoms with Gasteiger partial charge in [0.1, 0.15) is 18.1 Å². The average molecular weight is 489 g/mol. The van der Waals surface area contributed by atoms with Crippen LogP contribution in [0, 0.1) is 5.82 Å². The molecule has 174 valence electrons. The van der Waals surface area contributed by atoms with Crippen molar-refractivity contribution in [2.24, 2.45) is 0 Å². The van der Waals surface area contributed by atoms with Gasteiger partial charge in [0, 0.05) is 18.1 Å². The van der Waals surface area contributed by atoms with Gasteiger partial charge in [0.2, 0.25) is 5.91 Å². The van der Waals surface area contributed by atoms with Gasteiger partial charge < -0.3 is 10.1 Å².